The first-order valence-corrected chi connectivity index (χ1v) is 10.2. The zero-order chi connectivity index (χ0) is 19.9. The minimum atomic E-state index is -3.55. The molecule has 0 aliphatic carbocycles. The Morgan fingerprint density at radius 1 is 1.22 bits per heavy atom. The van der Waals surface area contributed by atoms with Crippen molar-refractivity contribution >= 4 is 21.6 Å². The van der Waals surface area contributed by atoms with E-state index < -0.39 is 10.0 Å². The Balaban J connectivity index is 1.95. The molecule has 0 saturated carbocycles. The van der Waals surface area contributed by atoms with Crippen molar-refractivity contribution in [1.29, 1.82) is 0 Å². The zero-order valence-corrected chi connectivity index (χ0v) is 17.0. The van der Waals surface area contributed by atoms with Gasteiger partial charge in [0.05, 0.1) is 18.6 Å². The number of likely N-dealkylation sites (N-methyl/N-ethyl adjacent to an activating group) is 1. The lowest BCUT2D eigenvalue weighted by Gasteiger charge is -2.18. The standard InChI is InChI=1S/C20H23ClN2O3S/c1-4-12-22-27(24,25)19-8-5-16(6-9-19)11-13-23(2)15-17-14-18(21)7-10-20(17)26-3/h1,5-10,14,22H,11-13,15H2,2-3H3. The largest absolute Gasteiger partial charge is 0.496 e. The molecule has 5 nitrogen and oxygen atoms in total. The van der Waals surface area contributed by atoms with Crippen LogP contribution in [0, 0.1) is 12.3 Å². The van der Waals surface area contributed by atoms with Crippen LogP contribution in [0.4, 0.5) is 0 Å². The van der Waals surface area contributed by atoms with Crippen molar-refractivity contribution in [3.8, 4) is 18.1 Å². The van der Waals surface area contributed by atoms with Crippen LogP contribution in [0.2, 0.25) is 5.02 Å². The molecule has 0 radical (unpaired) electrons. The Morgan fingerprint density at radius 3 is 2.56 bits per heavy atom. The Bertz CT molecular complexity index is 906. The first-order valence-electron chi connectivity index (χ1n) is 8.38. The van der Waals surface area contributed by atoms with Crippen molar-refractivity contribution in [2.45, 2.75) is 17.9 Å². The van der Waals surface area contributed by atoms with E-state index in [2.05, 4.69) is 15.5 Å². The second-order valence-corrected chi connectivity index (χ2v) is 8.32. The number of rotatable bonds is 9. The number of hydrogen-bond donors (Lipinski definition) is 1. The minimum Gasteiger partial charge on any atom is -0.496 e. The van der Waals surface area contributed by atoms with E-state index in [0.29, 0.717) is 11.6 Å². The lowest BCUT2D eigenvalue weighted by molar-refractivity contribution is 0.321. The van der Waals surface area contributed by atoms with Gasteiger partial charge in [0.25, 0.3) is 0 Å². The predicted octanol–water partition coefficient (Wildman–Crippen LogP) is 2.93. The topological polar surface area (TPSA) is 58.6 Å². The quantitative estimate of drug-likeness (QED) is 0.650. The van der Waals surface area contributed by atoms with Gasteiger partial charge in [-0.3, -0.25) is 0 Å². The molecule has 2 rings (SSSR count). The number of ether oxygens (including phenoxy) is 1. The molecular formula is C20H23ClN2O3S. The summed E-state index contributed by atoms with van der Waals surface area (Å²) in [7, 11) is 0.104. The molecule has 0 atom stereocenters. The molecule has 0 aromatic heterocycles. The van der Waals surface area contributed by atoms with E-state index in [9.17, 15) is 8.42 Å². The Morgan fingerprint density at radius 2 is 1.93 bits per heavy atom. The van der Waals surface area contributed by atoms with Gasteiger partial charge in [-0.1, -0.05) is 29.7 Å². The van der Waals surface area contributed by atoms with Crippen LogP contribution in [0.3, 0.4) is 0 Å². The number of methoxy groups -OCH3 is 1. The molecule has 0 aliphatic rings. The van der Waals surface area contributed by atoms with Crippen LogP contribution in [-0.2, 0) is 23.0 Å². The maximum absolute atomic E-state index is 12.0. The van der Waals surface area contributed by atoms with E-state index in [1.807, 2.05) is 31.3 Å². The highest BCUT2D eigenvalue weighted by Crippen LogP contribution is 2.23. The number of sulfonamides is 1. The molecule has 2 aromatic rings. The molecular weight excluding hydrogens is 384 g/mol. The normalized spacial score (nSPS) is 11.4. The second-order valence-electron chi connectivity index (χ2n) is 6.12. The lowest BCUT2D eigenvalue weighted by atomic mass is 10.1. The number of benzene rings is 2. The van der Waals surface area contributed by atoms with Gasteiger partial charge in [0, 0.05) is 23.7 Å². The summed E-state index contributed by atoms with van der Waals surface area (Å²) in [5.74, 6) is 3.06. The van der Waals surface area contributed by atoms with Crippen molar-refractivity contribution in [3.63, 3.8) is 0 Å². The van der Waals surface area contributed by atoms with Gasteiger partial charge in [0.15, 0.2) is 0 Å². The number of nitrogens with zero attached hydrogens (tertiary/aromatic N) is 1. The van der Waals surface area contributed by atoms with E-state index in [1.54, 1.807) is 25.3 Å². The summed E-state index contributed by atoms with van der Waals surface area (Å²) < 4.78 is 31.8. The van der Waals surface area contributed by atoms with Crippen LogP contribution in [0.25, 0.3) is 0 Å². The first kappa shape index (κ1) is 21.3. The van der Waals surface area contributed by atoms with E-state index in [-0.39, 0.29) is 11.4 Å². The third-order valence-corrected chi connectivity index (χ3v) is 5.72. The lowest BCUT2D eigenvalue weighted by Crippen LogP contribution is -2.24. The number of halogens is 1. The molecule has 0 unspecified atom stereocenters. The average molecular weight is 407 g/mol. The summed E-state index contributed by atoms with van der Waals surface area (Å²) in [5, 5.41) is 0.675. The highest BCUT2D eigenvalue weighted by molar-refractivity contribution is 7.89. The third kappa shape index (κ3) is 6.26. The van der Waals surface area contributed by atoms with Crippen LogP contribution in [0.15, 0.2) is 47.4 Å². The van der Waals surface area contributed by atoms with Crippen molar-refractivity contribution in [1.82, 2.24) is 9.62 Å². The molecule has 0 spiro atoms. The molecule has 0 aliphatic heterocycles. The van der Waals surface area contributed by atoms with Crippen LogP contribution in [-0.4, -0.2) is 40.6 Å². The Hall–Kier alpha value is -2.04. The molecule has 2 aromatic carbocycles. The van der Waals surface area contributed by atoms with E-state index in [4.69, 9.17) is 22.8 Å². The Kier molecular flexibility index (Phi) is 7.69. The maximum Gasteiger partial charge on any atom is 0.241 e. The molecule has 0 amide bonds. The number of terminal acetylenes is 1. The molecule has 1 N–H and O–H groups in total. The summed E-state index contributed by atoms with van der Waals surface area (Å²) in [6, 6.07) is 12.4. The fraction of sp³-hybridized carbons (Fsp3) is 0.300. The van der Waals surface area contributed by atoms with Crippen LogP contribution in [0.1, 0.15) is 11.1 Å². The summed E-state index contributed by atoms with van der Waals surface area (Å²) in [6.45, 7) is 1.48. The van der Waals surface area contributed by atoms with Crippen molar-refractivity contribution in [2.24, 2.45) is 0 Å². The SMILES string of the molecule is C#CCNS(=O)(=O)c1ccc(CCN(C)Cc2cc(Cl)ccc2OC)cc1. The minimum absolute atomic E-state index is 0.0259. The second kappa shape index (κ2) is 9.77. The third-order valence-electron chi connectivity index (χ3n) is 4.06. The van der Waals surface area contributed by atoms with Crippen LogP contribution < -0.4 is 9.46 Å². The van der Waals surface area contributed by atoms with Gasteiger partial charge < -0.3 is 9.64 Å². The van der Waals surface area contributed by atoms with Gasteiger partial charge >= 0.3 is 0 Å². The molecule has 7 heteroatoms. The fourth-order valence-electron chi connectivity index (χ4n) is 2.62. The smallest absolute Gasteiger partial charge is 0.241 e. The van der Waals surface area contributed by atoms with Crippen LogP contribution >= 0.6 is 11.6 Å². The zero-order valence-electron chi connectivity index (χ0n) is 15.4. The molecule has 144 valence electrons. The van der Waals surface area contributed by atoms with E-state index >= 15 is 0 Å². The maximum atomic E-state index is 12.0. The van der Waals surface area contributed by atoms with E-state index in [1.165, 1.54) is 0 Å². The average Bonchev–Trinajstić information content (AvgIpc) is 2.65. The van der Waals surface area contributed by atoms with Gasteiger partial charge in [0.1, 0.15) is 5.75 Å². The van der Waals surface area contributed by atoms with Gasteiger partial charge in [-0.25, -0.2) is 8.42 Å². The highest BCUT2D eigenvalue weighted by Gasteiger charge is 2.13. The van der Waals surface area contributed by atoms with E-state index in [0.717, 1.165) is 29.8 Å². The number of nitrogens with one attached hydrogen (secondary N) is 1. The Labute approximate surface area is 166 Å². The summed E-state index contributed by atoms with van der Waals surface area (Å²) in [6.07, 6.45) is 5.88. The van der Waals surface area contributed by atoms with Crippen molar-refractivity contribution in [3.05, 3.63) is 58.6 Å². The van der Waals surface area contributed by atoms with Crippen LogP contribution in [0.5, 0.6) is 5.75 Å². The highest BCUT2D eigenvalue weighted by atomic mass is 35.5. The summed E-state index contributed by atoms with van der Waals surface area (Å²) in [5.41, 5.74) is 2.07. The van der Waals surface area contributed by atoms with Gasteiger partial charge in [0.2, 0.25) is 10.0 Å². The fourth-order valence-corrected chi connectivity index (χ4v) is 3.74. The number of hydrogen-bond acceptors (Lipinski definition) is 4. The molecule has 0 fully saturated rings. The first-order chi connectivity index (χ1) is 12.9. The molecule has 0 heterocycles. The van der Waals surface area contributed by atoms with Crippen molar-refractivity contribution in [2.75, 3.05) is 27.2 Å². The van der Waals surface area contributed by atoms with Crippen molar-refractivity contribution < 1.29 is 13.2 Å². The van der Waals surface area contributed by atoms with Gasteiger partial charge in [-0.2, -0.15) is 4.72 Å². The predicted molar refractivity (Wildman–Crippen MR) is 109 cm³/mol. The molecule has 0 bridgehead atoms. The van der Waals surface area contributed by atoms with Gasteiger partial charge in [-0.05, 0) is 49.4 Å². The molecule has 27 heavy (non-hydrogen) atoms. The monoisotopic (exact) mass is 406 g/mol. The molecule has 0 saturated heterocycles. The summed E-state index contributed by atoms with van der Waals surface area (Å²) >= 11 is 6.07. The summed E-state index contributed by atoms with van der Waals surface area (Å²) in [4.78, 5) is 2.37. The van der Waals surface area contributed by atoms with Gasteiger partial charge in [-0.15, -0.1) is 6.42 Å².